The molecule has 2 rings (SSSR count). The third-order valence-electron chi connectivity index (χ3n) is 2.31. The zero-order chi connectivity index (χ0) is 11.2. The van der Waals surface area contributed by atoms with Crippen LogP contribution >= 0.6 is 0 Å². The van der Waals surface area contributed by atoms with Gasteiger partial charge in [0.15, 0.2) is 0 Å². The molecule has 0 fully saturated rings. The van der Waals surface area contributed by atoms with Crippen molar-refractivity contribution in [1.82, 2.24) is 9.55 Å². The lowest BCUT2D eigenvalue weighted by Gasteiger charge is -2.04. The highest BCUT2D eigenvalue weighted by Gasteiger charge is 1.96. The van der Waals surface area contributed by atoms with E-state index in [2.05, 4.69) is 4.98 Å². The van der Waals surface area contributed by atoms with Gasteiger partial charge in [-0.05, 0) is 5.56 Å². The third kappa shape index (κ3) is 2.84. The van der Waals surface area contributed by atoms with Crippen molar-refractivity contribution in [2.24, 2.45) is 0 Å². The van der Waals surface area contributed by atoms with E-state index in [9.17, 15) is 4.79 Å². The van der Waals surface area contributed by atoms with E-state index in [0.717, 1.165) is 5.56 Å². The van der Waals surface area contributed by atoms with Crippen LogP contribution in [0.5, 0.6) is 0 Å². The standard InChI is InChI=1S/C12H14N2O2/c15-12-13-6-7-14(12)8-9-16-10-11-4-2-1-3-5-11/h1-7H,8-10H2,(H,13,15). The van der Waals surface area contributed by atoms with Crippen LogP contribution in [0.15, 0.2) is 47.5 Å². The lowest BCUT2D eigenvalue weighted by molar-refractivity contribution is 0.112. The summed E-state index contributed by atoms with van der Waals surface area (Å²) in [4.78, 5) is 13.7. The van der Waals surface area contributed by atoms with Gasteiger partial charge in [0.1, 0.15) is 0 Å². The summed E-state index contributed by atoms with van der Waals surface area (Å²) in [5.41, 5.74) is 1.05. The zero-order valence-corrected chi connectivity index (χ0v) is 8.93. The van der Waals surface area contributed by atoms with E-state index in [1.807, 2.05) is 30.3 Å². The maximum Gasteiger partial charge on any atom is 0.325 e. The Morgan fingerprint density at radius 1 is 1.25 bits per heavy atom. The zero-order valence-electron chi connectivity index (χ0n) is 8.93. The second-order valence-corrected chi connectivity index (χ2v) is 3.50. The molecule has 1 heterocycles. The van der Waals surface area contributed by atoms with Crippen molar-refractivity contribution in [1.29, 1.82) is 0 Å². The van der Waals surface area contributed by atoms with Gasteiger partial charge in [0.25, 0.3) is 0 Å². The van der Waals surface area contributed by atoms with Crippen LogP contribution in [0.4, 0.5) is 0 Å². The molecule has 0 unspecified atom stereocenters. The molecule has 4 nitrogen and oxygen atoms in total. The van der Waals surface area contributed by atoms with Crippen molar-refractivity contribution >= 4 is 0 Å². The summed E-state index contributed by atoms with van der Waals surface area (Å²) in [6, 6.07) is 9.97. The summed E-state index contributed by atoms with van der Waals surface area (Å²) < 4.78 is 7.06. The fraction of sp³-hybridized carbons (Fsp3) is 0.250. The van der Waals surface area contributed by atoms with Gasteiger partial charge in [0.05, 0.1) is 19.8 Å². The number of hydrogen-bond donors (Lipinski definition) is 1. The van der Waals surface area contributed by atoms with Gasteiger partial charge in [-0.1, -0.05) is 30.3 Å². The molecule has 4 heteroatoms. The van der Waals surface area contributed by atoms with Crippen LogP contribution in [0, 0.1) is 0 Å². The number of nitrogens with zero attached hydrogens (tertiary/aromatic N) is 1. The second-order valence-electron chi connectivity index (χ2n) is 3.50. The number of nitrogens with one attached hydrogen (secondary N) is 1. The molecule has 0 bridgehead atoms. The quantitative estimate of drug-likeness (QED) is 0.771. The summed E-state index contributed by atoms with van der Waals surface area (Å²) in [5.74, 6) is 0. The molecular weight excluding hydrogens is 204 g/mol. The molecule has 1 N–H and O–H groups in total. The molecule has 84 valence electrons. The minimum Gasteiger partial charge on any atom is -0.375 e. The number of aromatic amines is 1. The largest absolute Gasteiger partial charge is 0.375 e. The molecular formula is C12H14N2O2. The predicted octanol–water partition coefficient (Wildman–Crippen LogP) is 1.39. The highest BCUT2D eigenvalue weighted by atomic mass is 16.5. The summed E-state index contributed by atoms with van der Waals surface area (Å²) in [5, 5.41) is 0. The average molecular weight is 218 g/mol. The minimum absolute atomic E-state index is 0.0942. The minimum atomic E-state index is -0.0942. The Labute approximate surface area is 93.5 Å². The number of H-pyrrole nitrogens is 1. The Kier molecular flexibility index (Phi) is 3.56. The van der Waals surface area contributed by atoms with Crippen LogP contribution in [-0.4, -0.2) is 16.2 Å². The molecule has 0 aliphatic rings. The fourth-order valence-electron chi connectivity index (χ4n) is 1.45. The molecule has 0 aliphatic heterocycles. The average Bonchev–Trinajstić information content (AvgIpc) is 2.72. The molecule has 0 saturated carbocycles. The summed E-state index contributed by atoms with van der Waals surface area (Å²) in [7, 11) is 0. The SMILES string of the molecule is O=c1[nH]ccn1CCOCc1ccccc1. The molecule has 2 aromatic rings. The van der Waals surface area contributed by atoms with Gasteiger partial charge in [0, 0.05) is 12.4 Å². The first-order valence-corrected chi connectivity index (χ1v) is 5.22. The van der Waals surface area contributed by atoms with Gasteiger partial charge < -0.3 is 9.72 Å². The Balaban J connectivity index is 1.74. The van der Waals surface area contributed by atoms with E-state index in [1.165, 1.54) is 0 Å². The first-order valence-electron chi connectivity index (χ1n) is 5.22. The lowest BCUT2D eigenvalue weighted by Crippen LogP contribution is -2.18. The molecule has 0 radical (unpaired) electrons. The molecule has 16 heavy (non-hydrogen) atoms. The van der Waals surface area contributed by atoms with Gasteiger partial charge in [-0.2, -0.15) is 0 Å². The van der Waals surface area contributed by atoms with Crippen LogP contribution in [0.3, 0.4) is 0 Å². The van der Waals surface area contributed by atoms with Crippen molar-refractivity contribution in [2.75, 3.05) is 6.61 Å². The van der Waals surface area contributed by atoms with Crippen molar-refractivity contribution in [2.45, 2.75) is 13.2 Å². The molecule has 0 saturated heterocycles. The molecule has 0 amide bonds. The van der Waals surface area contributed by atoms with Gasteiger partial charge in [-0.15, -0.1) is 0 Å². The monoisotopic (exact) mass is 218 g/mol. The van der Waals surface area contributed by atoms with Gasteiger partial charge >= 0.3 is 5.69 Å². The Hall–Kier alpha value is -1.81. The second kappa shape index (κ2) is 5.32. The van der Waals surface area contributed by atoms with Crippen molar-refractivity contribution in [3.8, 4) is 0 Å². The maximum absolute atomic E-state index is 11.1. The fourth-order valence-corrected chi connectivity index (χ4v) is 1.45. The van der Waals surface area contributed by atoms with E-state index in [1.54, 1.807) is 17.0 Å². The molecule has 1 aromatic carbocycles. The normalized spacial score (nSPS) is 10.5. The molecule has 0 atom stereocenters. The van der Waals surface area contributed by atoms with Crippen LogP contribution in [0.25, 0.3) is 0 Å². The van der Waals surface area contributed by atoms with E-state index in [-0.39, 0.29) is 5.69 Å². The Morgan fingerprint density at radius 3 is 2.75 bits per heavy atom. The number of ether oxygens (including phenoxy) is 1. The van der Waals surface area contributed by atoms with Crippen LogP contribution in [0.2, 0.25) is 0 Å². The van der Waals surface area contributed by atoms with Crippen LogP contribution in [0.1, 0.15) is 5.56 Å². The molecule has 1 aromatic heterocycles. The topological polar surface area (TPSA) is 47.0 Å². The predicted molar refractivity (Wildman–Crippen MR) is 61.2 cm³/mol. The number of rotatable bonds is 5. The van der Waals surface area contributed by atoms with Gasteiger partial charge in [0.2, 0.25) is 0 Å². The van der Waals surface area contributed by atoms with Crippen LogP contribution < -0.4 is 5.69 Å². The Morgan fingerprint density at radius 2 is 2.06 bits per heavy atom. The first-order chi connectivity index (χ1) is 7.86. The summed E-state index contributed by atoms with van der Waals surface area (Å²) in [6.07, 6.45) is 3.34. The summed E-state index contributed by atoms with van der Waals surface area (Å²) >= 11 is 0. The number of benzene rings is 1. The highest BCUT2D eigenvalue weighted by Crippen LogP contribution is 2.00. The molecule has 0 aliphatic carbocycles. The number of imidazole rings is 1. The summed E-state index contributed by atoms with van der Waals surface area (Å²) in [6.45, 7) is 1.70. The van der Waals surface area contributed by atoms with Crippen LogP contribution in [-0.2, 0) is 17.9 Å². The first kappa shape index (κ1) is 10.7. The maximum atomic E-state index is 11.1. The van der Waals surface area contributed by atoms with E-state index in [0.29, 0.717) is 19.8 Å². The molecule has 0 spiro atoms. The van der Waals surface area contributed by atoms with Crippen molar-refractivity contribution < 1.29 is 4.74 Å². The van der Waals surface area contributed by atoms with Gasteiger partial charge in [-0.3, -0.25) is 4.57 Å². The third-order valence-corrected chi connectivity index (χ3v) is 2.31. The highest BCUT2D eigenvalue weighted by molar-refractivity contribution is 5.13. The van der Waals surface area contributed by atoms with Crippen molar-refractivity contribution in [3.05, 3.63) is 58.8 Å². The van der Waals surface area contributed by atoms with Gasteiger partial charge in [-0.25, -0.2) is 4.79 Å². The number of hydrogen-bond acceptors (Lipinski definition) is 2. The van der Waals surface area contributed by atoms with Crippen molar-refractivity contribution in [3.63, 3.8) is 0 Å². The number of aromatic nitrogens is 2. The smallest absolute Gasteiger partial charge is 0.325 e. The van der Waals surface area contributed by atoms with E-state index < -0.39 is 0 Å². The van der Waals surface area contributed by atoms with E-state index >= 15 is 0 Å². The lowest BCUT2D eigenvalue weighted by atomic mass is 10.2. The Bertz CT molecular complexity index is 473. The van der Waals surface area contributed by atoms with E-state index in [4.69, 9.17) is 4.74 Å².